The number of carbonyl (C=O) groups is 1. The molecule has 1 fully saturated rings. The second kappa shape index (κ2) is 8.60. The first kappa shape index (κ1) is 17.4. The van der Waals surface area contributed by atoms with Crippen LogP contribution in [0.4, 0.5) is 0 Å². The number of nitrogens with one attached hydrogen (secondary N) is 1. The summed E-state index contributed by atoms with van der Waals surface area (Å²) in [5.41, 5.74) is 5.39. The zero-order valence-corrected chi connectivity index (χ0v) is 13.4. The molecule has 3 N–H and O–H groups in total. The molecule has 1 aliphatic carbocycles. The van der Waals surface area contributed by atoms with E-state index < -0.39 is 0 Å². The van der Waals surface area contributed by atoms with E-state index in [4.69, 9.17) is 10.5 Å². The van der Waals surface area contributed by atoms with Crippen LogP contribution in [-0.2, 0) is 9.53 Å². The third-order valence-electron chi connectivity index (χ3n) is 4.36. The number of ether oxygens (including phenoxy) is 1. The second-order valence-electron chi connectivity index (χ2n) is 5.98. The zero-order valence-electron chi connectivity index (χ0n) is 13.4. The number of carbonyl (C=O) groups excluding carboxylic acids is 1. The smallest absolute Gasteiger partial charge is 0.233 e. The van der Waals surface area contributed by atoms with Crippen LogP contribution in [0.2, 0.25) is 0 Å². The fraction of sp³-hybridized carbons (Fsp3) is 0.933. The number of rotatable bonds is 7. The summed E-state index contributed by atoms with van der Waals surface area (Å²) in [4.78, 5) is 14.1. The van der Waals surface area contributed by atoms with E-state index in [2.05, 4.69) is 31.0 Å². The summed E-state index contributed by atoms with van der Waals surface area (Å²) in [5, 5.41) is 3.05. The Hall–Kier alpha value is -0.650. The quantitative estimate of drug-likeness (QED) is 0.731. The van der Waals surface area contributed by atoms with Gasteiger partial charge in [0.2, 0.25) is 5.91 Å². The van der Waals surface area contributed by atoms with Crippen molar-refractivity contribution in [2.75, 3.05) is 26.8 Å². The topological polar surface area (TPSA) is 67.6 Å². The second-order valence-corrected chi connectivity index (χ2v) is 5.98. The van der Waals surface area contributed by atoms with Gasteiger partial charge in [0.1, 0.15) is 0 Å². The Labute approximate surface area is 123 Å². The van der Waals surface area contributed by atoms with Crippen LogP contribution in [-0.4, -0.2) is 55.7 Å². The summed E-state index contributed by atoms with van der Waals surface area (Å²) in [6.45, 7) is 8.54. The lowest BCUT2D eigenvalue weighted by Crippen LogP contribution is -2.52. The Morgan fingerprint density at radius 3 is 2.65 bits per heavy atom. The van der Waals surface area contributed by atoms with Crippen LogP contribution < -0.4 is 11.1 Å². The third kappa shape index (κ3) is 4.72. The van der Waals surface area contributed by atoms with Crippen molar-refractivity contribution in [3.05, 3.63) is 0 Å². The van der Waals surface area contributed by atoms with Crippen LogP contribution in [0.25, 0.3) is 0 Å². The average molecular weight is 285 g/mol. The monoisotopic (exact) mass is 285 g/mol. The molecule has 0 aliphatic heterocycles. The third-order valence-corrected chi connectivity index (χ3v) is 4.36. The van der Waals surface area contributed by atoms with Crippen LogP contribution in [0, 0.1) is 5.92 Å². The van der Waals surface area contributed by atoms with E-state index in [0.717, 1.165) is 25.8 Å². The SMILES string of the molecule is CCN(C(C)C)[C@@H]1CC[C@H](NC(=O)CN)[C@@H](COC)C1. The molecule has 1 aliphatic rings. The van der Waals surface area contributed by atoms with Gasteiger partial charge in [-0.1, -0.05) is 6.92 Å². The van der Waals surface area contributed by atoms with Gasteiger partial charge in [-0.2, -0.15) is 0 Å². The minimum atomic E-state index is -0.0641. The molecule has 3 atom stereocenters. The lowest BCUT2D eigenvalue weighted by Gasteiger charge is -2.42. The molecule has 20 heavy (non-hydrogen) atoms. The molecule has 0 aromatic rings. The molecule has 1 rings (SSSR count). The summed E-state index contributed by atoms with van der Waals surface area (Å²) in [6.07, 6.45) is 3.21. The van der Waals surface area contributed by atoms with Crippen molar-refractivity contribution in [2.24, 2.45) is 11.7 Å². The Bertz CT molecular complexity index is 297. The van der Waals surface area contributed by atoms with E-state index in [0.29, 0.717) is 24.6 Å². The molecule has 5 heteroatoms. The van der Waals surface area contributed by atoms with Gasteiger partial charge in [0, 0.05) is 31.2 Å². The molecule has 0 heterocycles. The zero-order chi connectivity index (χ0) is 15.1. The maximum absolute atomic E-state index is 11.5. The van der Waals surface area contributed by atoms with Crippen LogP contribution in [0.5, 0.6) is 0 Å². The predicted molar refractivity (Wildman–Crippen MR) is 81.5 cm³/mol. The van der Waals surface area contributed by atoms with E-state index in [1.165, 1.54) is 0 Å². The van der Waals surface area contributed by atoms with E-state index in [1.807, 2.05) is 0 Å². The highest BCUT2D eigenvalue weighted by molar-refractivity contribution is 5.78. The normalized spacial score (nSPS) is 27.1. The van der Waals surface area contributed by atoms with E-state index >= 15 is 0 Å². The van der Waals surface area contributed by atoms with Crippen molar-refractivity contribution < 1.29 is 9.53 Å². The maximum atomic E-state index is 11.5. The summed E-state index contributed by atoms with van der Waals surface area (Å²) in [5.74, 6) is 0.313. The lowest BCUT2D eigenvalue weighted by molar-refractivity contribution is -0.121. The molecule has 0 bridgehead atoms. The van der Waals surface area contributed by atoms with Crippen LogP contribution >= 0.6 is 0 Å². The Balaban J connectivity index is 2.66. The van der Waals surface area contributed by atoms with E-state index in [-0.39, 0.29) is 18.5 Å². The highest BCUT2D eigenvalue weighted by Gasteiger charge is 2.34. The van der Waals surface area contributed by atoms with Crippen LogP contribution in [0.15, 0.2) is 0 Å². The molecule has 0 aromatic heterocycles. The van der Waals surface area contributed by atoms with Gasteiger partial charge in [0.15, 0.2) is 0 Å². The number of nitrogens with zero attached hydrogens (tertiary/aromatic N) is 1. The first-order chi connectivity index (χ1) is 9.53. The molecule has 1 saturated carbocycles. The molecule has 0 radical (unpaired) electrons. The number of hydrogen-bond donors (Lipinski definition) is 2. The summed E-state index contributed by atoms with van der Waals surface area (Å²) in [6, 6.07) is 1.35. The van der Waals surface area contributed by atoms with Crippen LogP contribution in [0.3, 0.4) is 0 Å². The average Bonchev–Trinajstić information content (AvgIpc) is 2.42. The van der Waals surface area contributed by atoms with Crippen molar-refractivity contribution in [3.63, 3.8) is 0 Å². The first-order valence-corrected chi connectivity index (χ1v) is 7.77. The van der Waals surface area contributed by atoms with Crippen molar-refractivity contribution >= 4 is 5.91 Å². The minimum Gasteiger partial charge on any atom is -0.384 e. The number of methoxy groups -OCH3 is 1. The summed E-state index contributed by atoms with van der Waals surface area (Å²) < 4.78 is 5.35. The Kier molecular flexibility index (Phi) is 7.48. The van der Waals surface area contributed by atoms with Gasteiger partial charge in [-0.05, 0) is 39.7 Å². The van der Waals surface area contributed by atoms with Gasteiger partial charge in [-0.15, -0.1) is 0 Å². The standard InChI is InChI=1S/C15H31N3O2/c1-5-18(11(2)3)13-6-7-14(17-15(19)9-16)12(8-13)10-20-4/h11-14H,5-10,16H2,1-4H3,(H,17,19)/t12-,13-,14+/m1/s1. The molecule has 0 aromatic carbocycles. The van der Waals surface area contributed by atoms with Gasteiger partial charge in [0.05, 0.1) is 13.2 Å². The van der Waals surface area contributed by atoms with Crippen LogP contribution in [0.1, 0.15) is 40.0 Å². The lowest BCUT2D eigenvalue weighted by atomic mass is 9.80. The molecule has 0 spiro atoms. The molecule has 0 saturated heterocycles. The van der Waals surface area contributed by atoms with E-state index in [1.54, 1.807) is 7.11 Å². The van der Waals surface area contributed by atoms with Gasteiger partial charge in [-0.25, -0.2) is 0 Å². The van der Waals surface area contributed by atoms with Crippen molar-refractivity contribution in [1.29, 1.82) is 0 Å². The van der Waals surface area contributed by atoms with Gasteiger partial charge in [-0.3, -0.25) is 9.69 Å². The van der Waals surface area contributed by atoms with E-state index in [9.17, 15) is 4.79 Å². The number of amides is 1. The number of nitrogens with two attached hydrogens (primary N) is 1. The highest BCUT2D eigenvalue weighted by atomic mass is 16.5. The molecule has 118 valence electrons. The fourth-order valence-electron chi connectivity index (χ4n) is 3.44. The van der Waals surface area contributed by atoms with Gasteiger partial charge < -0.3 is 15.8 Å². The van der Waals surface area contributed by atoms with Gasteiger partial charge >= 0.3 is 0 Å². The fourth-order valence-corrected chi connectivity index (χ4v) is 3.44. The van der Waals surface area contributed by atoms with Crippen molar-refractivity contribution in [2.45, 2.75) is 58.2 Å². The van der Waals surface area contributed by atoms with Crippen molar-refractivity contribution in [1.82, 2.24) is 10.2 Å². The largest absolute Gasteiger partial charge is 0.384 e. The minimum absolute atomic E-state index is 0.0622. The molecule has 1 amide bonds. The molecular weight excluding hydrogens is 254 g/mol. The maximum Gasteiger partial charge on any atom is 0.233 e. The Morgan fingerprint density at radius 1 is 1.45 bits per heavy atom. The van der Waals surface area contributed by atoms with Gasteiger partial charge in [0.25, 0.3) is 0 Å². The first-order valence-electron chi connectivity index (χ1n) is 7.77. The molecular formula is C15H31N3O2. The highest BCUT2D eigenvalue weighted by Crippen LogP contribution is 2.29. The Morgan fingerprint density at radius 2 is 2.15 bits per heavy atom. The summed E-state index contributed by atoms with van der Waals surface area (Å²) >= 11 is 0. The summed E-state index contributed by atoms with van der Waals surface area (Å²) in [7, 11) is 1.73. The molecule has 5 nitrogen and oxygen atoms in total. The number of hydrogen-bond acceptors (Lipinski definition) is 4. The molecule has 0 unspecified atom stereocenters. The van der Waals surface area contributed by atoms with Crippen molar-refractivity contribution in [3.8, 4) is 0 Å². The predicted octanol–water partition coefficient (Wildman–Crippen LogP) is 0.975.